The van der Waals surface area contributed by atoms with E-state index in [4.69, 9.17) is 0 Å². The summed E-state index contributed by atoms with van der Waals surface area (Å²) in [6.45, 7) is 1.77. The molecule has 1 saturated carbocycles. The highest BCUT2D eigenvalue weighted by molar-refractivity contribution is 5.99. The Morgan fingerprint density at radius 3 is 2.54 bits per heavy atom. The van der Waals surface area contributed by atoms with E-state index >= 15 is 0 Å². The molecule has 1 amide bonds. The van der Waals surface area contributed by atoms with Crippen LogP contribution in [0.1, 0.15) is 41.6 Å². The summed E-state index contributed by atoms with van der Waals surface area (Å²) in [6.07, 6.45) is 3.60. The van der Waals surface area contributed by atoms with Crippen LogP contribution in [0.4, 0.5) is 15.8 Å². The van der Waals surface area contributed by atoms with Crippen molar-refractivity contribution in [2.45, 2.75) is 31.1 Å². The van der Waals surface area contributed by atoms with Gasteiger partial charge in [0.2, 0.25) is 0 Å². The molecule has 0 atom stereocenters. The molecule has 28 heavy (non-hydrogen) atoms. The topological polar surface area (TPSA) is 75.5 Å². The number of nitro groups is 1. The second-order valence-electron chi connectivity index (χ2n) is 7.60. The highest BCUT2D eigenvalue weighted by Crippen LogP contribution is 2.49. The summed E-state index contributed by atoms with van der Waals surface area (Å²) < 4.78 is 14.2. The fourth-order valence-corrected chi connectivity index (χ4v) is 3.92. The molecule has 0 unspecified atom stereocenters. The van der Waals surface area contributed by atoms with Gasteiger partial charge < -0.3 is 10.2 Å². The third-order valence-corrected chi connectivity index (χ3v) is 5.75. The number of hydrogen-bond donors (Lipinski definition) is 1. The first-order valence-electron chi connectivity index (χ1n) is 9.57. The summed E-state index contributed by atoms with van der Waals surface area (Å²) in [6, 6.07) is 11.3. The summed E-state index contributed by atoms with van der Waals surface area (Å²) in [4.78, 5) is 25.3. The van der Waals surface area contributed by atoms with Gasteiger partial charge in [0, 0.05) is 36.8 Å². The molecule has 1 aliphatic carbocycles. The highest BCUT2D eigenvalue weighted by atomic mass is 19.1. The average molecular weight is 383 g/mol. The minimum absolute atomic E-state index is 0.104. The Balaban J connectivity index is 1.55. The monoisotopic (exact) mass is 383 g/mol. The molecule has 0 bridgehead atoms. The molecule has 6 nitrogen and oxygen atoms in total. The SMILES string of the molecule is O=C(c1cc(NCC2(c3ccccc3F)CC2)ccc1[N+](=O)[O-])N1CCCC1. The lowest BCUT2D eigenvalue weighted by molar-refractivity contribution is -0.385. The predicted molar refractivity (Wildman–Crippen MR) is 104 cm³/mol. The number of anilines is 1. The molecule has 2 aromatic rings. The van der Waals surface area contributed by atoms with Crippen molar-refractivity contribution < 1.29 is 14.1 Å². The normalized spacial score (nSPS) is 17.4. The number of halogens is 1. The summed E-state index contributed by atoms with van der Waals surface area (Å²) in [7, 11) is 0. The van der Waals surface area contributed by atoms with Gasteiger partial charge in [-0.15, -0.1) is 0 Å². The van der Waals surface area contributed by atoms with Crippen LogP contribution in [0.3, 0.4) is 0 Å². The Labute approximate surface area is 162 Å². The molecule has 1 aliphatic heterocycles. The zero-order valence-corrected chi connectivity index (χ0v) is 15.5. The van der Waals surface area contributed by atoms with E-state index in [-0.39, 0.29) is 28.4 Å². The number of nitro benzene ring substituents is 1. The quantitative estimate of drug-likeness (QED) is 0.602. The number of nitrogens with zero attached hydrogens (tertiary/aromatic N) is 2. The summed E-state index contributed by atoms with van der Waals surface area (Å²) in [5, 5.41) is 14.6. The van der Waals surface area contributed by atoms with Crippen molar-refractivity contribution in [2.24, 2.45) is 0 Å². The maximum atomic E-state index is 14.2. The van der Waals surface area contributed by atoms with Gasteiger partial charge in [-0.05, 0) is 49.4 Å². The van der Waals surface area contributed by atoms with Gasteiger partial charge in [-0.1, -0.05) is 18.2 Å². The fraction of sp³-hybridized carbons (Fsp3) is 0.381. The number of amides is 1. The van der Waals surface area contributed by atoms with Crippen LogP contribution in [-0.2, 0) is 5.41 Å². The zero-order chi connectivity index (χ0) is 19.7. The van der Waals surface area contributed by atoms with Gasteiger partial charge in [0.05, 0.1) is 4.92 Å². The molecule has 4 rings (SSSR count). The molecule has 1 saturated heterocycles. The van der Waals surface area contributed by atoms with Crippen molar-refractivity contribution in [3.8, 4) is 0 Å². The molecule has 0 spiro atoms. The summed E-state index contributed by atoms with van der Waals surface area (Å²) in [5.74, 6) is -0.515. The predicted octanol–water partition coefficient (Wildman–Crippen LogP) is 4.11. The number of hydrogen-bond acceptors (Lipinski definition) is 4. The summed E-state index contributed by atoms with van der Waals surface area (Å²) in [5.41, 5.74) is 0.991. The van der Waals surface area contributed by atoms with E-state index in [1.165, 1.54) is 12.1 Å². The van der Waals surface area contributed by atoms with Gasteiger partial charge in [0.1, 0.15) is 11.4 Å². The first-order valence-corrected chi connectivity index (χ1v) is 9.57. The molecule has 0 aromatic heterocycles. The fourth-order valence-electron chi connectivity index (χ4n) is 3.92. The van der Waals surface area contributed by atoms with Gasteiger partial charge in [-0.2, -0.15) is 0 Å². The van der Waals surface area contributed by atoms with Crippen molar-refractivity contribution in [3.63, 3.8) is 0 Å². The van der Waals surface area contributed by atoms with Gasteiger partial charge >= 0.3 is 0 Å². The van der Waals surface area contributed by atoms with Gasteiger partial charge in [0.15, 0.2) is 0 Å². The second-order valence-corrected chi connectivity index (χ2v) is 7.60. The Morgan fingerprint density at radius 2 is 1.89 bits per heavy atom. The number of carbonyl (C=O) groups excluding carboxylic acids is 1. The van der Waals surface area contributed by atoms with Crippen molar-refractivity contribution in [1.82, 2.24) is 4.90 Å². The van der Waals surface area contributed by atoms with Crippen LogP contribution in [-0.4, -0.2) is 35.4 Å². The molecule has 7 heteroatoms. The largest absolute Gasteiger partial charge is 0.384 e. The van der Waals surface area contributed by atoms with E-state index < -0.39 is 4.92 Å². The van der Waals surface area contributed by atoms with Crippen molar-refractivity contribution >= 4 is 17.3 Å². The smallest absolute Gasteiger partial charge is 0.282 e. The van der Waals surface area contributed by atoms with Crippen LogP contribution in [0, 0.1) is 15.9 Å². The van der Waals surface area contributed by atoms with Crippen LogP contribution < -0.4 is 5.32 Å². The Morgan fingerprint density at radius 1 is 1.18 bits per heavy atom. The standard InChI is InChI=1S/C21H22FN3O3/c22-18-6-2-1-5-17(18)21(9-10-21)14-23-15-7-8-19(25(27)28)16(13-15)20(26)24-11-3-4-12-24/h1-2,5-8,13,23H,3-4,9-12,14H2. The third-order valence-electron chi connectivity index (χ3n) is 5.75. The van der Waals surface area contributed by atoms with Crippen LogP contribution in [0.15, 0.2) is 42.5 Å². The van der Waals surface area contributed by atoms with E-state index in [9.17, 15) is 19.3 Å². The van der Waals surface area contributed by atoms with Gasteiger partial charge in [0.25, 0.3) is 11.6 Å². The van der Waals surface area contributed by atoms with E-state index in [0.29, 0.717) is 30.9 Å². The summed E-state index contributed by atoms with van der Waals surface area (Å²) >= 11 is 0. The van der Waals surface area contributed by atoms with E-state index in [1.54, 1.807) is 23.1 Å². The Kier molecular flexibility index (Phi) is 4.75. The average Bonchev–Trinajstić information content (AvgIpc) is 3.28. The molecule has 2 aromatic carbocycles. The number of rotatable bonds is 6. The maximum Gasteiger partial charge on any atom is 0.282 e. The molecule has 2 aliphatic rings. The number of carbonyl (C=O) groups is 1. The van der Waals surface area contributed by atoms with Crippen LogP contribution in [0.25, 0.3) is 0 Å². The highest BCUT2D eigenvalue weighted by Gasteiger charge is 2.45. The molecular weight excluding hydrogens is 361 g/mol. The van der Waals surface area contributed by atoms with Crippen molar-refractivity contribution in [3.05, 3.63) is 69.5 Å². The van der Waals surface area contributed by atoms with Crippen LogP contribution in [0.5, 0.6) is 0 Å². The number of likely N-dealkylation sites (tertiary alicyclic amines) is 1. The molecule has 146 valence electrons. The Bertz CT molecular complexity index is 921. The van der Waals surface area contributed by atoms with Crippen LogP contribution in [0.2, 0.25) is 0 Å². The second kappa shape index (κ2) is 7.22. The van der Waals surface area contributed by atoms with E-state index in [0.717, 1.165) is 25.7 Å². The van der Waals surface area contributed by atoms with Crippen molar-refractivity contribution in [1.29, 1.82) is 0 Å². The van der Waals surface area contributed by atoms with E-state index in [2.05, 4.69) is 5.32 Å². The molecule has 2 fully saturated rings. The first-order chi connectivity index (χ1) is 13.5. The van der Waals surface area contributed by atoms with E-state index in [1.807, 2.05) is 12.1 Å². The van der Waals surface area contributed by atoms with Gasteiger partial charge in [-0.3, -0.25) is 14.9 Å². The third kappa shape index (κ3) is 3.44. The molecule has 1 N–H and O–H groups in total. The molecule has 1 heterocycles. The maximum absolute atomic E-state index is 14.2. The number of benzene rings is 2. The van der Waals surface area contributed by atoms with Gasteiger partial charge in [-0.25, -0.2) is 4.39 Å². The molecule has 0 radical (unpaired) electrons. The lowest BCUT2D eigenvalue weighted by atomic mass is 9.95. The van der Waals surface area contributed by atoms with Crippen LogP contribution >= 0.6 is 0 Å². The lowest BCUT2D eigenvalue weighted by Crippen LogP contribution is -2.28. The zero-order valence-electron chi connectivity index (χ0n) is 15.5. The lowest BCUT2D eigenvalue weighted by Gasteiger charge is -2.19. The first kappa shape index (κ1) is 18.4. The minimum Gasteiger partial charge on any atom is -0.384 e. The van der Waals surface area contributed by atoms with Crippen molar-refractivity contribution in [2.75, 3.05) is 25.0 Å². The number of nitrogens with one attached hydrogen (secondary N) is 1. The minimum atomic E-state index is -0.519. The Hall–Kier alpha value is -2.96. The molecular formula is C21H22FN3O3.